The van der Waals surface area contributed by atoms with Gasteiger partial charge in [0.15, 0.2) is 5.96 Å². The molecule has 4 nitrogen and oxygen atoms in total. The molecule has 2 atom stereocenters. The van der Waals surface area contributed by atoms with Crippen LogP contribution in [-0.4, -0.2) is 36.3 Å². The van der Waals surface area contributed by atoms with E-state index in [-0.39, 0.29) is 35.5 Å². The predicted octanol–water partition coefficient (Wildman–Crippen LogP) is 2.82. The Hall–Kier alpha value is -0.300. The van der Waals surface area contributed by atoms with Gasteiger partial charge in [0.05, 0.1) is 12.6 Å². The van der Waals surface area contributed by atoms with Crippen molar-refractivity contribution in [2.24, 2.45) is 10.4 Å². The molecule has 0 spiro atoms. The van der Waals surface area contributed by atoms with E-state index in [9.17, 15) is 5.11 Å². The number of aliphatic hydroxyl groups is 1. The van der Waals surface area contributed by atoms with Gasteiger partial charge in [-0.3, -0.25) is 4.99 Å². The van der Waals surface area contributed by atoms with Gasteiger partial charge in [0, 0.05) is 18.0 Å². The first-order chi connectivity index (χ1) is 9.64. The third-order valence-electron chi connectivity index (χ3n) is 4.57. The first-order valence-corrected chi connectivity index (χ1v) is 8.02. The maximum absolute atomic E-state index is 10.2. The summed E-state index contributed by atoms with van der Waals surface area (Å²) in [6, 6.07) is 0.469. The third-order valence-corrected chi connectivity index (χ3v) is 4.57. The number of halogens is 1. The largest absolute Gasteiger partial charge is 0.392 e. The number of rotatable bonds is 4. The Bertz CT molecular complexity index is 365. The van der Waals surface area contributed by atoms with Crippen molar-refractivity contribution in [2.45, 2.75) is 64.5 Å². The average Bonchev–Trinajstić information content (AvgIpc) is 2.93. The van der Waals surface area contributed by atoms with Gasteiger partial charge >= 0.3 is 0 Å². The monoisotopic (exact) mass is 407 g/mol. The molecule has 0 radical (unpaired) electrons. The van der Waals surface area contributed by atoms with Crippen molar-refractivity contribution in [3.05, 3.63) is 12.2 Å². The van der Waals surface area contributed by atoms with Gasteiger partial charge in [-0.05, 0) is 32.6 Å². The first-order valence-electron chi connectivity index (χ1n) is 8.02. The number of guanidine groups is 1. The van der Waals surface area contributed by atoms with E-state index in [0.29, 0.717) is 12.6 Å². The van der Waals surface area contributed by atoms with Crippen LogP contribution in [0.15, 0.2) is 17.1 Å². The van der Waals surface area contributed by atoms with Gasteiger partial charge in [-0.25, -0.2) is 0 Å². The number of aliphatic hydroxyl groups excluding tert-OH is 1. The topological polar surface area (TPSA) is 56.7 Å². The van der Waals surface area contributed by atoms with Crippen molar-refractivity contribution >= 4 is 29.9 Å². The van der Waals surface area contributed by atoms with Crippen molar-refractivity contribution in [1.82, 2.24) is 10.6 Å². The van der Waals surface area contributed by atoms with Crippen LogP contribution in [0, 0.1) is 5.41 Å². The zero-order valence-corrected chi connectivity index (χ0v) is 15.6. The first kappa shape index (κ1) is 18.7. The molecular formula is C16H30IN3O. The van der Waals surface area contributed by atoms with Gasteiger partial charge in [-0.1, -0.05) is 31.9 Å². The summed E-state index contributed by atoms with van der Waals surface area (Å²) < 4.78 is 0. The summed E-state index contributed by atoms with van der Waals surface area (Å²) >= 11 is 0. The fourth-order valence-corrected chi connectivity index (χ4v) is 3.07. The van der Waals surface area contributed by atoms with E-state index in [1.54, 1.807) is 0 Å². The van der Waals surface area contributed by atoms with E-state index in [1.165, 1.54) is 6.42 Å². The molecule has 0 amide bonds. The molecule has 1 saturated carbocycles. The smallest absolute Gasteiger partial charge is 0.191 e. The van der Waals surface area contributed by atoms with Crippen molar-refractivity contribution in [1.29, 1.82) is 0 Å². The Morgan fingerprint density at radius 1 is 1.33 bits per heavy atom. The highest BCUT2D eigenvalue weighted by molar-refractivity contribution is 14.0. The molecule has 3 N–H and O–H groups in total. The number of hydrogen-bond donors (Lipinski definition) is 3. The molecule has 2 unspecified atom stereocenters. The second kappa shape index (κ2) is 8.98. The molecular weight excluding hydrogens is 377 g/mol. The SMILES string of the molecule is CCNC(=NCC1(C)CCCCC1O)NC1CC=CC1.I. The molecule has 2 rings (SSSR count). The van der Waals surface area contributed by atoms with E-state index in [2.05, 4.69) is 36.6 Å². The summed E-state index contributed by atoms with van der Waals surface area (Å²) in [5.41, 5.74) is -0.0610. The third kappa shape index (κ3) is 5.43. The van der Waals surface area contributed by atoms with Crippen molar-refractivity contribution in [3.8, 4) is 0 Å². The van der Waals surface area contributed by atoms with E-state index in [4.69, 9.17) is 4.99 Å². The Balaban J connectivity index is 0.00000220. The van der Waals surface area contributed by atoms with Gasteiger partial charge in [-0.2, -0.15) is 0 Å². The molecule has 122 valence electrons. The van der Waals surface area contributed by atoms with E-state index >= 15 is 0 Å². The highest BCUT2D eigenvalue weighted by Crippen LogP contribution is 2.36. The van der Waals surface area contributed by atoms with Crippen molar-refractivity contribution in [2.75, 3.05) is 13.1 Å². The molecule has 5 heteroatoms. The van der Waals surface area contributed by atoms with Gasteiger partial charge in [0.2, 0.25) is 0 Å². The minimum Gasteiger partial charge on any atom is -0.392 e. The molecule has 0 bridgehead atoms. The van der Waals surface area contributed by atoms with E-state index in [0.717, 1.165) is 44.6 Å². The lowest BCUT2D eigenvalue weighted by Crippen LogP contribution is -2.44. The van der Waals surface area contributed by atoms with Crippen LogP contribution in [0.25, 0.3) is 0 Å². The molecule has 0 aromatic heterocycles. The summed E-state index contributed by atoms with van der Waals surface area (Å²) in [5.74, 6) is 0.889. The van der Waals surface area contributed by atoms with Crippen LogP contribution in [0.1, 0.15) is 52.4 Å². The Morgan fingerprint density at radius 3 is 2.67 bits per heavy atom. The summed E-state index contributed by atoms with van der Waals surface area (Å²) in [5, 5.41) is 17.0. The number of hydrogen-bond acceptors (Lipinski definition) is 2. The molecule has 0 saturated heterocycles. The molecule has 1 fully saturated rings. The normalized spacial score (nSPS) is 30.0. The van der Waals surface area contributed by atoms with Crippen LogP contribution in [0.5, 0.6) is 0 Å². The zero-order valence-electron chi connectivity index (χ0n) is 13.3. The molecule has 2 aliphatic carbocycles. The quantitative estimate of drug-likeness (QED) is 0.291. The Morgan fingerprint density at radius 2 is 2.05 bits per heavy atom. The summed E-state index contributed by atoms with van der Waals surface area (Å²) in [6.07, 6.45) is 10.7. The highest BCUT2D eigenvalue weighted by atomic mass is 127. The molecule has 0 aromatic carbocycles. The molecule has 2 aliphatic rings. The lowest BCUT2D eigenvalue weighted by Gasteiger charge is -2.37. The van der Waals surface area contributed by atoms with Crippen LogP contribution < -0.4 is 10.6 Å². The van der Waals surface area contributed by atoms with Gasteiger partial charge < -0.3 is 15.7 Å². The second-order valence-corrected chi connectivity index (χ2v) is 6.39. The molecule has 21 heavy (non-hydrogen) atoms. The van der Waals surface area contributed by atoms with Crippen LogP contribution >= 0.6 is 24.0 Å². The minimum absolute atomic E-state index is 0. The lowest BCUT2D eigenvalue weighted by atomic mass is 9.73. The van der Waals surface area contributed by atoms with Gasteiger partial charge in [-0.15, -0.1) is 24.0 Å². The molecule has 0 aliphatic heterocycles. The minimum atomic E-state index is -0.212. The Labute approximate surface area is 145 Å². The summed E-state index contributed by atoms with van der Waals surface area (Å²) in [7, 11) is 0. The van der Waals surface area contributed by atoms with E-state index in [1.807, 2.05) is 0 Å². The zero-order chi connectivity index (χ0) is 14.4. The summed E-state index contributed by atoms with van der Waals surface area (Å²) in [6.45, 7) is 5.82. The van der Waals surface area contributed by atoms with Crippen LogP contribution in [0.3, 0.4) is 0 Å². The summed E-state index contributed by atoms with van der Waals surface area (Å²) in [4.78, 5) is 4.73. The van der Waals surface area contributed by atoms with Crippen molar-refractivity contribution in [3.63, 3.8) is 0 Å². The Kier molecular flexibility index (Phi) is 8.02. The van der Waals surface area contributed by atoms with Crippen LogP contribution in [-0.2, 0) is 0 Å². The van der Waals surface area contributed by atoms with Crippen LogP contribution in [0.2, 0.25) is 0 Å². The standard InChI is InChI=1S/C16H29N3O.HI/c1-3-17-15(19-13-8-4-5-9-13)18-12-16(2)11-7-6-10-14(16)20;/h4-5,13-14,20H,3,6-12H2,1-2H3,(H2,17,18,19);1H. The number of aliphatic imine (C=N–C) groups is 1. The maximum Gasteiger partial charge on any atom is 0.191 e. The van der Waals surface area contributed by atoms with Crippen LogP contribution in [0.4, 0.5) is 0 Å². The van der Waals surface area contributed by atoms with Gasteiger partial charge in [0.1, 0.15) is 0 Å². The maximum atomic E-state index is 10.2. The molecule has 0 heterocycles. The fourth-order valence-electron chi connectivity index (χ4n) is 3.07. The predicted molar refractivity (Wildman–Crippen MR) is 99.3 cm³/mol. The fraction of sp³-hybridized carbons (Fsp3) is 0.812. The number of nitrogens with one attached hydrogen (secondary N) is 2. The van der Waals surface area contributed by atoms with E-state index < -0.39 is 0 Å². The average molecular weight is 407 g/mol. The lowest BCUT2D eigenvalue weighted by molar-refractivity contribution is 0.00716. The highest BCUT2D eigenvalue weighted by Gasteiger charge is 2.35. The molecule has 0 aromatic rings. The second-order valence-electron chi connectivity index (χ2n) is 6.39. The van der Waals surface area contributed by atoms with Gasteiger partial charge in [0.25, 0.3) is 0 Å². The number of nitrogens with zero attached hydrogens (tertiary/aromatic N) is 1. The van der Waals surface area contributed by atoms with Crippen molar-refractivity contribution < 1.29 is 5.11 Å².